The van der Waals surface area contributed by atoms with Crippen molar-refractivity contribution in [1.29, 1.82) is 0 Å². The zero-order chi connectivity index (χ0) is 27.9. The number of aromatic nitrogens is 4. The maximum Gasteiger partial charge on any atom is 0.323 e. The van der Waals surface area contributed by atoms with E-state index in [0.29, 0.717) is 29.9 Å². The molecule has 40 heavy (non-hydrogen) atoms. The average molecular weight is 547 g/mol. The van der Waals surface area contributed by atoms with Gasteiger partial charge in [0.25, 0.3) is 0 Å². The number of benzene rings is 2. The zero-order valence-corrected chi connectivity index (χ0v) is 22.9. The molecule has 0 aliphatic carbocycles. The Kier molecular flexibility index (Phi) is 6.83. The van der Waals surface area contributed by atoms with E-state index in [9.17, 15) is 14.3 Å². The van der Waals surface area contributed by atoms with Crippen LogP contribution < -0.4 is 15.3 Å². The topological polar surface area (TPSA) is 110 Å². The molecule has 2 aromatic heterocycles. The summed E-state index contributed by atoms with van der Waals surface area (Å²) in [4.78, 5) is 30.8. The van der Waals surface area contributed by atoms with E-state index in [1.54, 1.807) is 26.1 Å². The monoisotopic (exact) mass is 546 g/mol. The van der Waals surface area contributed by atoms with Crippen LogP contribution in [0.3, 0.4) is 0 Å². The van der Waals surface area contributed by atoms with E-state index in [0.717, 1.165) is 62.4 Å². The van der Waals surface area contributed by atoms with E-state index in [1.165, 1.54) is 24.0 Å². The number of nitrogens with one attached hydrogen (secondary N) is 2. The predicted octanol–water partition coefficient (Wildman–Crippen LogP) is 4.38. The third-order valence-corrected chi connectivity index (χ3v) is 8.15. The number of H-pyrrole nitrogens is 2. The normalized spacial score (nSPS) is 19.8. The molecular formula is C30H35FN6O3. The second-order valence-corrected chi connectivity index (χ2v) is 12.0. The molecule has 0 saturated carbocycles. The van der Waals surface area contributed by atoms with E-state index in [4.69, 9.17) is 4.74 Å². The van der Waals surface area contributed by atoms with Crippen molar-refractivity contribution in [2.45, 2.75) is 51.7 Å². The Hall–Kier alpha value is -3.76. The van der Waals surface area contributed by atoms with Gasteiger partial charge in [-0.2, -0.15) is 0 Å². The number of likely N-dealkylation sites (tertiary alicyclic amines) is 1. The van der Waals surface area contributed by atoms with Gasteiger partial charge >= 0.3 is 5.69 Å². The minimum atomic E-state index is -0.864. The molecule has 0 radical (unpaired) electrons. The maximum absolute atomic E-state index is 14.1. The van der Waals surface area contributed by atoms with Gasteiger partial charge in [0.1, 0.15) is 17.9 Å². The molecule has 1 unspecified atom stereocenters. The Morgan fingerprint density at radius 2 is 1.90 bits per heavy atom. The molecule has 1 atom stereocenters. The Bertz CT molecular complexity index is 1580. The minimum Gasteiger partial charge on any atom is -0.452 e. The summed E-state index contributed by atoms with van der Waals surface area (Å²) in [6.45, 7) is 8.07. The van der Waals surface area contributed by atoms with E-state index in [1.807, 2.05) is 6.07 Å². The van der Waals surface area contributed by atoms with Crippen LogP contribution in [0.25, 0.3) is 11.0 Å². The van der Waals surface area contributed by atoms with Gasteiger partial charge in [-0.3, -0.25) is 4.90 Å². The van der Waals surface area contributed by atoms with Crippen molar-refractivity contribution in [2.24, 2.45) is 5.41 Å². The van der Waals surface area contributed by atoms with E-state index >= 15 is 0 Å². The smallest absolute Gasteiger partial charge is 0.323 e. The molecule has 0 amide bonds. The van der Waals surface area contributed by atoms with Crippen LogP contribution in [0.5, 0.6) is 11.5 Å². The number of hydrogen-bond donors (Lipinski definition) is 3. The summed E-state index contributed by atoms with van der Waals surface area (Å²) in [6, 6.07) is 10.6. The maximum atomic E-state index is 14.1. The summed E-state index contributed by atoms with van der Waals surface area (Å²) in [5.74, 6) is 1.49. The molecule has 9 nitrogen and oxygen atoms in total. The number of fused-ring (bicyclic) bond motifs is 1. The highest BCUT2D eigenvalue weighted by Crippen LogP contribution is 2.43. The molecule has 210 valence electrons. The van der Waals surface area contributed by atoms with Crippen molar-refractivity contribution in [3.8, 4) is 11.5 Å². The fourth-order valence-corrected chi connectivity index (χ4v) is 6.07. The quantitative estimate of drug-likeness (QED) is 0.301. The van der Waals surface area contributed by atoms with Crippen molar-refractivity contribution in [3.63, 3.8) is 0 Å². The average Bonchev–Trinajstić information content (AvgIpc) is 3.61. The SMILES string of the molecule is CC(C)(O)CCc1cc(F)ccc1Oc1cncnc1N1CCC2(CCN(Cc3ccc4[nH]c(=O)[nH]c4c3)C2)C1. The summed E-state index contributed by atoms with van der Waals surface area (Å²) in [5, 5.41) is 10.2. The molecule has 2 aliphatic heterocycles. The van der Waals surface area contributed by atoms with Gasteiger partial charge in [-0.15, -0.1) is 0 Å². The lowest BCUT2D eigenvalue weighted by molar-refractivity contribution is 0.0712. The van der Waals surface area contributed by atoms with Crippen LogP contribution >= 0.6 is 0 Å². The minimum absolute atomic E-state index is 0.169. The van der Waals surface area contributed by atoms with Crippen LogP contribution in [-0.4, -0.2) is 61.7 Å². The van der Waals surface area contributed by atoms with Crippen LogP contribution in [-0.2, 0) is 13.0 Å². The first kappa shape index (κ1) is 26.5. The van der Waals surface area contributed by atoms with Gasteiger partial charge in [-0.05, 0) is 87.5 Å². The second kappa shape index (κ2) is 10.3. The lowest BCUT2D eigenvalue weighted by Crippen LogP contribution is -2.31. The van der Waals surface area contributed by atoms with Crippen molar-refractivity contribution < 1.29 is 14.2 Å². The van der Waals surface area contributed by atoms with Gasteiger partial charge in [-0.1, -0.05) is 6.07 Å². The Labute approximate surface area is 232 Å². The lowest BCUT2D eigenvalue weighted by Gasteiger charge is -2.26. The molecular weight excluding hydrogens is 511 g/mol. The third-order valence-electron chi connectivity index (χ3n) is 8.15. The summed E-state index contributed by atoms with van der Waals surface area (Å²) in [7, 11) is 0. The number of aliphatic hydroxyl groups is 1. The van der Waals surface area contributed by atoms with Crippen LogP contribution in [0.1, 0.15) is 44.2 Å². The molecule has 1 spiro atoms. The number of ether oxygens (including phenoxy) is 1. The van der Waals surface area contributed by atoms with Crippen molar-refractivity contribution in [2.75, 3.05) is 31.1 Å². The Morgan fingerprint density at radius 1 is 1.07 bits per heavy atom. The first-order valence-corrected chi connectivity index (χ1v) is 13.8. The van der Waals surface area contributed by atoms with Crippen molar-refractivity contribution in [1.82, 2.24) is 24.8 Å². The second-order valence-electron chi connectivity index (χ2n) is 12.0. The summed E-state index contributed by atoms with van der Waals surface area (Å²) in [5.41, 5.74) is 2.66. The number of nitrogens with zero attached hydrogens (tertiary/aromatic N) is 4. The number of hydrogen-bond acceptors (Lipinski definition) is 7. The molecule has 2 aliphatic rings. The van der Waals surface area contributed by atoms with Crippen LogP contribution in [0.2, 0.25) is 0 Å². The number of anilines is 1. The van der Waals surface area contributed by atoms with Crippen LogP contribution in [0, 0.1) is 11.2 Å². The fourth-order valence-electron chi connectivity index (χ4n) is 6.07. The predicted molar refractivity (Wildman–Crippen MR) is 151 cm³/mol. The number of aromatic amines is 2. The molecule has 6 rings (SSSR count). The highest BCUT2D eigenvalue weighted by atomic mass is 19.1. The Morgan fingerprint density at radius 3 is 2.75 bits per heavy atom. The van der Waals surface area contributed by atoms with Gasteiger partial charge in [0.05, 0.1) is 22.8 Å². The largest absolute Gasteiger partial charge is 0.452 e. The van der Waals surface area contributed by atoms with Crippen molar-refractivity contribution in [3.05, 3.63) is 76.4 Å². The number of imidazole rings is 1. The van der Waals surface area contributed by atoms with Gasteiger partial charge in [-0.25, -0.2) is 19.2 Å². The standard InChI is InChI=1S/C30H35FN6O3/c1-29(2,39)8-7-21-14-22(31)4-6-25(21)40-26-15-32-19-33-27(26)37-12-10-30(18-37)9-11-36(17-30)16-20-3-5-23-24(13-20)35-28(38)34-23/h3-6,13-15,19,39H,7-12,16-18H2,1-2H3,(H2,34,35,38). The lowest BCUT2D eigenvalue weighted by atomic mass is 9.86. The molecule has 4 heterocycles. The summed E-state index contributed by atoms with van der Waals surface area (Å²) in [6.07, 6.45) is 6.33. The first-order valence-electron chi connectivity index (χ1n) is 13.8. The van der Waals surface area contributed by atoms with Gasteiger partial charge < -0.3 is 24.7 Å². The zero-order valence-electron chi connectivity index (χ0n) is 22.9. The van der Waals surface area contributed by atoms with Gasteiger partial charge in [0.15, 0.2) is 11.6 Å². The number of halogens is 1. The van der Waals surface area contributed by atoms with Gasteiger partial charge in [0.2, 0.25) is 0 Å². The fraction of sp³-hybridized carbons (Fsp3) is 0.433. The number of aryl methyl sites for hydroxylation is 1. The molecule has 2 fully saturated rings. The number of rotatable bonds is 8. The first-order chi connectivity index (χ1) is 19.1. The van der Waals surface area contributed by atoms with Crippen molar-refractivity contribution >= 4 is 16.9 Å². The molecule has 2 aromatic carbocycles. The Balaban J connectivity index is 1.15. The van der Waals surface area contributed by atoms with Crippen LogP contribution in [0.4, 0.5) is 10.2 Å². The van der Waals surface area contributed by atoms with Gasteiger partial charge in [0, 0.05) is 31.6 Å². The van der Waals surface area contributed by atoms with E-state index in [-0.39, 0.29) is 16.9 Å². The highest BCUT2D eigenvalue weighted by Gasteiger charge is 2.44. The third kappa shape index (κ3) is 5.73. The molecule has 3 N–H and O–H groups in total. The van der Waals surface area contributed by atoms with E-state index < -0.39 is 5.60 Å². The summed E-state index contributed by atoms with van der Waals surface area (Å²) >= 11 is 0. The van der Waals surface area contributed by atoms with E-state index in [2.05, 4.69) is 41.9 Å². The molecule has 10 heteroatoms. The molecule has 4 aromatic rings. The highest BCUT2D eigenvalue weighted by molar-refractivity contribution is 5.75. The molecule has 0 bridgehead atoms. The van der Waals surface area contributed by atoms with Crippen LogP contribution in [0.15, 0.2) is 53.7 Å². The molecule has 2 saturated heterocycles. The summed E-state index contributed by atoms with van der Waals surface area (Å²) < 4.78 is 20.4.